The number of aromatic amines is 1. The summed E-state index contributed by atoms with van der Waals surface area (Å²) in [7, 11) is 0. The molecule has 0 aliphatic carbocycles. The zero-order valence-corrected chi connectivity index (χ0v) is 15.2. The molecular formula is C20H19N3O2S. The van der Waals surface area contributed by atoms with E-state index in [1.54, 1.807) is 6.92 Å². The lowest BCUT2D eigenvalue weighted by Gasteiger charge is -2.07. The van der Waals surface area contributed by atoms with Gasteiger partial charge in [0.25, 0.3) is 5.56 Å². The van der Waals surface area contributed by atoms with Crippen molar-refractivity contribution >= 4 is 23.4 Å². The van der Waals surface area contributed by atoms with Crippen LogP contribution in [0.15, 0.2) is 70.6 Å². The number of benzene rings is 2. The number of carbonyl (C=O) groups excluding carboxylic acids is 1. The highest BCUT2D eigenvalue weighted by Crippen LogP contribution is 2.15. The summed E-state index contributed by atoms with van der Waals surface area (Å²) < 4.78 is 0. The molecule has 0 aliphatic rings. The fourth-order valence-corrected chi connectivity index (χ4v) is 3.21. The highest BCUT2D eigenvalue weighted by atomic mass is 32.2. The third-order valence-electron chi connectivity index (χ3n) is 3.68. The number of nitrogens with one attached hydrogen (secondary N) is 2. The Kier molecular flexibility index (Phi) is 5.86. The lowest BCUT2D eigenvalue weighted by atomic mass is 10.0. The fourth-order valence-electron chi connectivity index (χ4n) is 2.49. The number of carbonyl (C=O) groups is 1. The molecule has 6 heteroatoms. The first kappa shape index (κ1) is 17.9. The molecule has 1 heterocycles. The Balaban J connectivity index is 1.53. The molecule has 0 bridgehead atoms. The van der Waals surface area contributed by atoms with Gasteiger partial charge in [0.2, 0.25) is 5.91 Å². The third-order valence-corrected chi connectivity index (χ3v) is 4.55. The maximum absolute atomic E-state index is 12.1. The van der Waals surface area contributed by atoms with Crippen LogP contribution in [0.25, 0.3) is 0 Å². The van der Waals surface area contributed by atoms with E-state index in [0.29, 0.717) is 10.9 Å². The maximum atomic E-state index is 12.1. The van der Waals surface area contributed by atoms with Crippen molar-refractivity contribution in [1.29, 1.82) is 0 Å². The summed E-state index contributed by atoms with van der Waals surface area (Å²) in [5.41, 5.74) is 3.60. The van der Waals surface area contributed by atoms with Gasteiger partial charge in [0.05, 0.1) is 5.75 Å². The van der Waals surface area contributed by atoms with Gasteiger partial charge in [-0.2, -0.15) is 0 Å². The first-order chi connectivity index (χ1) is 12.6. The lowest BCUT2D eigenvalue weighted by Crippen LogP contribution is -2.15. The number of H-pyrrole nitrogens is 1. The molecule has 1 aromatic heterocycles. The minimum absolute atomic E-state index is 0.144. The molecule has 132 valence electrons. The van der Waals surface area contributed by atoms with Gasteiger partial charge in [-0.25, -0.2) is 4.98 Å². The molecule has 0 saturated carbocycles. The normalized spacial score (nSPS) is 10.5. The Morgan fingerprint density at radius 3 is 2.46 bits per heavy atom. The summed E-state index contributed by atoms with van der Waals surface area (Å²) in [6.07, 6.45) is 0.858. The lowest BCUT2D eigenvalue weighted by molar-refractivity contribution is -0.113. The number of nitrogens with zero attached hydrogens (tertiary/aromatic N) is 1. The molecule has 2 aromatic carbocycles. The van der Waals surface area contributed by atoms with Crippen molar-refractivity contribution in [2.24, 2.45) is 0 Å². The molecule has 0 radical (unpaired) electrons. The molecule has 0 spiro atoms. The SMILES string of the molecule is Cc1cc(=O)[nH]c(SCC(=O)Nc2ccc(Cc3ccccc3)cc2)n1. The van der Waals surface area contributed by atoms with E-state index in [1.807, 2.05) is 42.5 Å². The van der Waals surface area contributed by atoms with E-state index >= 15 is 0 Å². The Bertz CT molecular complexity index is 937. The predicted octanol–water partition coefficient (Wildman–Crippen LogP) is 3.40. The van der Waals surface area contributed by atoms with E-state index in [1.165, 1.54) is 29.0 Å². The Morgan fingerprint density at radius 2 is 1.77 bits per heavy atom. The van der Waals surface area contributed by atoms with E-state index in [-0.39, 0.29) is 17.2 Å². The zero-order valence-electron chi connectivity index (χ0n) is 14.4. The molecule has 0 fully saturated rings. The minimum Gasteiger partial charge on any atom is -0.325 e. The van der Waals surface area contributed by atoms with E-state index < -0.39 is 0 Å². The first-order valence-corrected chi connectivity index (χ1v) is 9.20. The molecule has 5 nitrogen and oxygen atoms in total. The van der Waals surface area contributed by atoms with Crippen LogP contribution < -0.4 is 10.9 Å². The van der Waals surface area contributed by atoms with E-state index in [0.717, 1.165) is 12.1 Å². The fraction of sp³-hybridized carbons (Fsp3) is 0.150. The standard InChI is InChI=1S/C20H19N3O2S/c1-14-11-18(24)23-20(21-14)26-13-19(25)22-17-9-7-16(8-10-17)12-15-5-3-2-4-6-15/h2-11H,12-13H2,1H3,(H,22,25)(H,21,23,24). The van der Waals surface area contributed by atoms with Crippen molar-refractivity contribution in [1.82, 2.24) is 9.97 Å². The van der Waals surface area contributed by atoms with Crippen LogP contribution in [0.4, 0.5) is 5.69 Å². The molecule has 2 N–H and O–H groups in total. The molecular weight excluding hydrogens is 346 g/mol. The molecule has 3 aromatic rings. The number of amides is 1. The van der Waals surface area contributed by atoms with E-state index in [9.17, 15) is 9.59 Å². The summed E-state index contributed by atoms with van der Waals surface area (Å²) >= 11 is 1.20. The number of aryl methyl sites for hydroxylation is 1. The average molecular weight is 365 g/mol. The van der Waals surface area contributed by atoms with Crippen molar-refractivity contribution in [3.63, 3.8) is 0 Å². The molecule has 0 saturated heterocycles. The van der Waals surface area contributed by atoms with Crippen molar-refractivity contribution in [3.8, 4) is 0 Å². The number of hydrogen-bond acceptors (Lipinski definition) is 4. The number of thioether (sulfide) groups is 1. The molecule has 0 atom stereocenters. The van der Waals surface area contributed by atoms with Gasteiger partial charge in [-0.3, -0.25) is 9.59 Å². The highest BCUT2D eigenvalue weighted by molar-refractivity contribution is 7.99. The summed E-state index contributed by atoms with van der Waals surface area (Å²) in [5.74, 6) is 0.0352. The molecule has 3 rings (SSSR count). The predicted molar refractivity (Wildman–Crippen MR) is 105 cm³/mol. The van der Waals surface area contributed by atoms with Crippen LogP contribution in [-0.2, 0) is 11.2 Å². The zero-order chi connectivity index (χ0) is 18.4. The van der Waals surface area contributed by atoms with Crippen LogP contribution in [0.2, 0.25) is 0 Å². The van der Waals surface area contributed by atoms with Crippen LogP contribution in [0.5, 0.6) is 0 Å². The molecule has 0 unspecified atom stereocenters. The largest absolute Gasteiger partial charge is 0.325 e. The van der Waals surface area contributed by atoms with Gasteiger partial charge in [-0.15, -0.1) is 0 Å². The average Bonchev–Trinajstić information content (AvgIpc) is 2.62. The Morgan fingerprint density at radius 1 is 1.08 bits per heavy atom. The Hall–Kier alpha value is -2.86. The van der Waals surface area contributed by atoms with Crippen molar-refractivity contribution in [3.05, 3.63) is 87.8 Å². The van der Waals surface area contributed by atoms with Crippen LogP contribution in [0.3, 0.4) is 0 Å². The summed E-state index contributed by atoms with van der Waals surface area (Å²) in [6, 6.07) is 19.5. The van der Waals surface area contributed by atoms with Crippen LogP contribution in [-0.4, -0.2) is 21.6 Å². The second kappa shape index (κ2) is 8.49. The van der Waals surface area contributed by atoms with Gasteiger partial charge in [-0.1, -0.05) is 54.2 Å². The summed E-state index contributed by atoms with van der Waals surface area (Å²) in [5, 5.41) is 3.30. The number of aromatic nitrogens is 2. The van der Waals surface area contributed by atoms with Crippen molar-refractivity contribution < 1.29 is 4.79 Å². The third kappa shape index (κ3) is 5.32. The minimum atomic E-state index is -0.214. The van der Waals surface area contributed by atoms with Crippen LogP contribution in [0.1, 0.15) is 16.8 Å². The number of hydrogen-bond donors (Lipinski definition) is 2. The van der Waals surface area contributed by atoms with Gasteiger partial charge in [0.15, 0.2) is 5.16 Å². The van der Waals surface area contributed by atoms with Crippen molar-refractivity contribution in [2.75, 3.05) is 11.1 Å². The van der Waals surface area contributed by atoms with Gasteiger partial charge < -0.3 is 10.3 Å². The van der Waals surface area contributed by atoms with Gasteiger partial charge in [0.1, 0.15) is 0 Å². The Labute approximate surface area is 155 Å². The van der Waals surface area contributed by atoms with E-state index in [2.05, 4.69) is 27.4 Å². The van der Waals surface area contributed by atoms with E-state index in [4.69, 9.17) is 0 Å². The van der Waals surface area contributed by atoms with Crippen LogP contribution in [0, 0.1) is 6.92 Å². The summed E-state index contributed by atoms with van der Waals surface area (Å²) in [6.45, 7) is 1.75. The van der Waals surface area contributed by atoms with Gasteiger partial charge in [0, 0.05) is 17.4 Å². The van der Waals surface area contributed by atoms with Crippen LogP contribution >= 0.6 is 11.8 Å². The monoisotopic (exact) mass is 365 g/mol. The maximum Gasteiger partial charge on any atom is 0.251 e. The van der Waals surface area contributed by atoms with Crippen molar-refractivity contribution in [2.45, 2.75) is 18.5 Å². The smallest absolute Gasteiger partial charge is 0.251 e. The van der Waals surface area contributed by atoms with Gasteiger partial charge >= 0.3 is 0 Å². The molecule has 26 heavy (non-hydrogen) atoms. The summed E-state index contributed by atoms with van der Waals surface area (Å²) in [4.78, 5) is 30.3. The highest BCUT2D eigenvalue weighted by Gasteiger charge is 2.06. The van der Waals surface area contributed by atoms with Gasteiger partial charge in [-0.05, 0) is 36.6 Å². The second-order valence-corrected chi connectivity index (χ2v) is 6.85. The number of rotatable bonds is 6. The second-order valence-electron chi connectivity index (χ2n) is 5.89. The molecule has 0 aliphatic heterocycles. The molecule has 1 amide bonds. The topological polar surface area (TPSA) is 74.8 Å². The quantitative estimate of drug-likeness (QED) is 0.519. The number of anilines is 1. The first-order valence-electron chi connectivity index (χ1n) is 8.22.